The van der Waals surface area contributed by atoms with Crippen LogP contribution in [0.3, 0.4) is 0 Å². The van der Waals surface area contributed by atoms with Gasteiger partial charge in [0.05, 0.1) is 11.4 Å². The molecule has 1 heterocycles. The molecule has 2 N–H and O–H groups in total. The fourth-order valence-electron chi connectivity index (χ4n) is 3.05. The number of thiol groups is 2. The van der Waals surface area contributed by atoms with Gasteiger partial charge in [-0.1, -0.05) is 42.5 Å². The summed E-state index contributed by atoms with van der Waals surface area (Å²) in [4.78, 5) is 4.81. The number of fused-ring (bicyclic) bond motifs is 1. The van der Waals surface area contributed by atoms with E-state index in [-0.39, 0.29) is 0 Å². The molecule has 0 amide bonds. The van der Waals surface area contributed by atoms with Crippen LogP contribution in [0.15, 0.2) is 54.6 Å². The lowest BCUT2D eigenvalue weighted by Crippen LogP contribution is -2.19. The first-order chi connectivity index (χ1) is 12.8. The smallest absolute Gasteiger partial charge is 0.0551 e. The zero-order chi connectivity index (χ0) is 18.2. The fourth-order valence-corrected chi connectivity index (χ4v) is 3.37. The van der Waals surface area contributed by atoms with Crippen molar-refractivity contribution in [3.05, 3.63) is 66.0 Å². The van der Waals surface area contributed by atoms with Gasteiger partial charge in [-0.15, -0.1) is 0 Å². The molecule has 0 saturated heterocycles. The van der Waals surface area contributed by atoms with Crippen LogP contribution >= 0.6 is 25.3 Å². The van der Waals surface area contributed by atoms with Crippen LogP contribution in [0, 0.1) is 0 Å². The van der Waals surface area contributed by atoms with E-state index in [0.29, 0.717) is 0 Å². The largest absolute Gasteiger partial charge is 0.310 e. The first kappa shape index (κ1) is 19.2. The number of hydrogen-bond donors (Lipinski definition) is 4. The molecule has 0 saturated carbocycles. The maximum atomic E-state index is 4.81. The highest BCUT2D eigenvalue weighted by Gasteiger charge is 2.08. The topological polar surface area (TPSA) is 37.0 Å². The number of hydrogen-bond acceptors (Lipinski definition) is 5. The normalized spacial score (nSPS) is 11.2. The van der Waals surface area contributed by atoms with Gasteiger partial charge in [0.1, 0.15) is 0 Å². The molecule has 5 heteroatoms. The third-order valence-corrected chi connectivity index (χ3v) is 4.67. The second-order valence-corrected chi connectivity index (χ2v) is 7.06. The van der Waals surface area contributed by atoms with Crippen LogP contribution in [0.5, 0.6) is 0 Å². The van der Waals surface area contributed by atoms with E-state index in [9.17, 15) is 0 Å². The maximum absolute atomic E-state index is 4.81. The molecule has 26 heavy (non-hydrogen) atoms. The maximum Gasteiger partial charge on any atom is 0.0551 e. The van der Waals surface area contributed by atoms with Gasteiger partial charge in [0.2, 0.25) is 0 Å². The molecule has 136 valence electrons. The first-order valence-corrected chi connectivity index (χ1v) is 10.2. The lowest BCUT2D eigenvalue weighted by Gasteiger charge is -2.12. The molecule has 0 fully saturated rings. The third-order valence-electron chi connectivity index (χ3n) is 4.22. The highest BCUT2D eigenvalue weighted by atomic mass is 32.1. The van der Waals surface area contributed by atoms with E-state index in [1.54, 1.807) is 0 Å². The summed E-state index contributed by atoms with van der Waals surface area (Å²) in [5, 5.41) is 9.30. The highest BCUT2D eigenvalue weighted by molar-refractivity contribution is 7.80. The van der Waals surface area contributed by atoms with Crippen molar-refractivity contribution in [2.45, 2.75) is 13.1 Å². The van der Waals surface area contributed by atoms with E-state index in [0.717, 1.165) is 49.1 Å². The van der Waals surface area contributed by atoms with Crippen molar-refractivity contribution < 1.29 is 0 Å². The predicted octanol–water partition coefficient (Wildman–Crippen LogP) is 3.94. The van der Waals surface area contributed by atoms with Crippen LogP contribution in [0.4, 0.5) is 0 Å². The lowest BCUT2D eigenvalue weighted by molar-refractivity contribution is 0.688. The van der Waals surface area contributed by atoms with Gasteiger partial charge in [0.25, 0.3) is 0 Å². The Hall–Kier alpha value is -1.53. The molecule has 3 rings (SSSR count). The third kappa shape index (κ3) is 5.01. The molecule has 3 aromatic rings. The van der Waals surface area contributed by atoms with Crippen molar-refractivity contribution in [2.24, 2.45) is 0 Å². The molecule has 0 atom stereocenters. The van der Waals surface area contributed by atoms with Gasteiger partial charge in [0.15, 0.2) is 0 Å². The van der Waals surface area contributed by atoms with Gasteiger partial charge in [-0.3, -0.25) is 4.98 Å². The summed E-state index contributed by atoms with van der Waals surface area (Å²) in [5.41, 5.74) is 4.57. The van der Waals surface area contributed by atoms with Gasteiger partial charge in [-0.25, -0.2) is 0 Å². The Kier molecular flexibility index (Phi) is 7.38. The molecule has 3 nitrogen and oxygen atoms in total. The molecular weight excluding hydrogens is 358 g/mol. The monoisotopic (exact) mass is 383 g/mol. The van der Waals surface area contributed by atoms with Crippen molar-refractivity contribution in [3.8, 4) is 11.1 Å². The van der Waals surface area contributed by atoms with Crippen molar-refractivity contribution in [3.63, 3.8) is 0 Å². The van der Waals surface area contributed by atoms with Gasteiger partial charge in [-0.05, 0) is 34.0 Å². The number of benzene rings is 2. The Balaban J connectivity index is 1.98. The number of rotatable bonds is 9. The molecule has 0 unspecified atom stereocenters. The minimum absolute atomic E-state index is 0.749. The molecule has 0 spiro atoms. The fraction of sp³-hybridized carbons (Fsp3) is 0.286. The van der Waals surface area contributed by atoms with Crippen LogP contribution in [0.1, 0.15) is 11.4 Å². The molecule has 1 aromatic heterocycles. The van der Waals surface area contributed by atoms with E-state index in [1.807, 2.05) is 0 Å². The summed E-state index contributed by atoms with van der Waals surface area (Å²) in [7, 11) is 0. The number of aromatic nitrogens is 1. The van der Waals surface area contributed by atoms with Crippen LogP contribution in [-0.2, 0) is 13.1 Å². The standard InChI is InChI=1S/C21H25N3S2/c25-10-8-22-14-18-12-17(13-19(24-18)15-23-9-11-26)21-7-3-5-16-4-1-2-6-20(16)21/h1-7,12-13,22-23,25-26H,8-11,14-15H2. The summed E-state index contributed by atoms with van der Waals surface area (Å²) in [6.07, 6.45) is 0. The minimum Gasteiger partial charge on any atom is -0.310 e. The van der Waals surface area contributed by atoms with Gasteiger partial charge in [0, 0.05) is 37.7 Å². The Morgan fingerprint density at radius 3 is 2.04 bits per heavy atom. The minimum atomic E-state index is 0.749. The van der Waals surface area contributed by atoms with Crippen molar-refractivity contribution in [1.29, 1.82) is 0 Å². The molecule has 2 aromatic carbocycles. The van der Waals surface area contributed by atoms with E-state index < -0.39 is 0 Å². The quantitative estimate of drug-likeness (QED) is 0.334. The summed E-state index contributed by atoms with van der Waals surface area (Å²) < 4.78 is 0. The van der Waals surface area contributed by atoms with E-state index in [4.69, 9.17) is 4.98 Å². The zero-order valence-electron chi connectivity index (χ0n) is 14.8. The van der Waals surface area contributed by atoms with Gasteiger partial charge >= 0.3 is 0 Å². The predicted molar refractivity (Wildman–Crippen MR) is 118 cm³/mol. The van der Waals surface area contributed by atoms with Crippen LogP contribution in [0.2, 0.25) is 0 Å². The molecular formula is C21H25N3S2. The van der Waals surface area contributed by atoms with Crippen molar-refractivity contribution in [1.82, 2.24) is 15.6 Å². The Morgan fingerprint density at radius 1 is 0.769 bits per heavy atom. The highest BCUT2D eigenvalue weighted by Crippen LogP contribution is 2.29. The Morgan fingerprint density at radius 2 is 1.38 bits per heavy atom. The van der Waals surface area contributed by atoms with Crippen LogP contribution in [-0.4, -0.2) is 29.6 Å². The zero-order valence-corrected chi connectivity index (χ0v) is 16.6. The molecule has 0 aliphatic heterocycles. The Bertz CT molecular complexity index is 818. The average molecular weight is 384 g/mol. The number of pyridine rings is 1. The number of nitrogens with zero attached hydrogens (tertiary/aromatic N) is 1. The summed E-state index contributed by atoms with van der Waals surface area (Å²) in [6, 6.07) is 19.4. The second-order valence-electron chi connectivity index (χ2n) is 6.17. The molecule has 0 bridgehead atoms. The second kappa shape index (κ2) is 9.97. The van der Waals surface area contributed by atoms with Gasteiger partial charge < -0.3 is 10.6 Å². The van der Waals surface area contributed by atoms with Crippen LogP contribution in [0.25, 0.3) is 21.9 Å². The summed E-state index contributed by atoms with van der Waals surface area (Å²) >= 11 is 8.52. The lowest BCUT2D eigenvalue weighted by atomic mass is 9.97. The average Bonchev–Trinajstić information content (AvgIpc) is 2.68. The van der Waals surface area contributed by atoms with E-state index in [2.05, 4.69) is 90.5 Å². The summed E-state index contributed by atoms with van der Waals surface area (Å²) in [5.74, 6) is 1.64. The number of nitrogens with one attached hydrogen (secondary N) is 2. The van der Waals surface area contributed by atoms with E-state index >= 15 is 0 Å². The van der Waals surface area contributed by atoms with E-state index in [1.165, 1.54) is 21.9 Å². The molecule has 0 radical (unpaired) electrons. The molecule has 0 aliphatic rings. The SMILES string of the molecule is SCCNCc1cc(-c2cccc3ccccc23)cc(CNCCS)n1. The van der Waals surface area contributed by atoms with Crippen LogP contribution < -0.4 is 10.6 Å². The Labute approximate surface area is 166 Å². The molecule has 0 aliphatic carbocycles. The van der Waals surface area contributed by atoms with Gasteiger partial charge in [-0.2, -0.15) is 25.3 Å². The summed E-state index contributed by atoms with van der Waals surface area (Å²) in [6.45, 7) is 3.24. The van der Waals surface area contributed by atoms with Crippen molar-refractivity contribution >= 4 is 36.0 Å². The van der Waals surface area contributed by atoms with Crippen molar-refractivity contribution in [2.75, 3.05) is 24.6 Å². The first-order valence-electron chi connectivity index (χ1n) is 8.93.